The maximum absolute atomic E-state index is 11.4. The molecular formula is C14H21N3O4. The van der Waals surface area contributed by atoms with Crippen LogP contribution in [0.1, 0.15) is 26.3 Å². The maximum atomic E-state index is 11.4. The van der Waals surface area contributed by atoms with Gasteiger partial charge in [-0.25, -0.2) is 19.6 Å². The number of amides is 2. The van der Waals surface area contributed by atoms with Crippen molar-refractivity contribution in [1.29, 1.82) is 0 Å². The van der Waals surface area contributed by atoms with Gasteiger partial charge in [-0.1, -0.05) is 12.1 Å². The zero-order valence-corrected chi connectivity index (χ0v) is 12.4. The first-order valence-corrected chi connectivity index (χ1v) is 6.51. The predicted octanol–water partition coefficient (Wildman–Crippen LogP) is 2.48. The van der Waals surface area contributed by atoms with Crippen LogP contribution in [0, 0.1) is 0 Å². The fourth-order valence-corrected chi connectivity index (χ4v) is 1.95. The van der Waals surface area contributed by atoms with E-state index in [9.17, 15) is 19.8 Å². The van der Waals surface area contributed by atoms with E-state index in [0.717, 1.165) is 15.6 Å². The zero-order valence-electron chi connectivity index (χ0n) is 12.4. The van der Waals surface area contributed by atoms with E-state index < -0.39 is 17.7 Å². The molecule has 0 heterocycles. The number of hydrogen-bond acceptors (Lipinski definition) is 3. The Morgan fingerprint density at radius 3 is 2.00 bits per heavy atom. The summed E-state index contributed by atoms with van der Waals surface area (Å²) in [6.07, 6.45) is -2.21. The highest BCUT2D eigenvalue weighted by atomic mass is 16.4. The lowest BCUT2D eigenvalue weighted by atomic mass is 10.1. The average molecular weight is 295 g/mol. The third-order valence-electron chi connectivity index (χ3n) is 2.87. The molecule has 0 spiro atoms. The Balaban J connectivity index is 2.89. The number of hydrazine groups is 1. The minimum Gasteiger partial charge on any atom is -0.464 e. The first-order valence-electron chi connectivity index (χ1n) is 6.51. The number of carboxylic acid groups (broad SMARTS) is 2. The second-order valence-electron chi connectivity index (χ2n) is 5.66. The quantitative estimate of drug-likeness (QED) is 0.586. The van der Waals surface area contributed by atoms with E-state index in [1.165, 1.54) is 0 Å². The van der Waals surface area contributed by atoms with Gasteiger partial charge in [0.25, 0.3) is 0 Å². The monoisotopic (exact) mass is 295 g/mol. The standard InChI is InChI=1S/C14H21N3O4/c1-14(2,3)17(13(20)21)16(12(18)19)9-8-10-4-6-11(15)7-5-10/h4-7H,8-9,15H2,1-3H3,(H,18,19)(H,20,21). The molecule has 21 heavy (non-hydrogen) atoms. The molecule has 2 amide bonds. The molecule has 0 saturated carbocycles. The molecule has 0 aliphatic heterocycles. The van der Waals surface area contributed by atoms with Crippen molar-refractivity contribution in [2.45, 2.75) is 32.7 Å². The van der Waals surface area contributed by atoms with Crippen LogP contribution in [-0.4, -0.2) is 44.5 Å². The Bertz CT molecular complexity index is 508. The van der Waals surface area contributed by atoms with Crippen LogP contribution in [0.4, 0.5) is 15.3 Å². The predicted molar refractivity (Wildman–Crippen MR) is 78.9 cm³/mol. The highest BCUT2D eigenvalue weighted by molar-refractivity contribution is 5.72. The summed E-state index contributed by atoms with van der Waals surface area (Å²) in [7, 11) is 0. The second kappa shape index (κ2) is 6.34. The summed E-state index contributed by atoms with van der Waals surface area (Å²) in [6, 6.07) is 7.02. The molecule has 0 aromatic heterocycles. The molecule has 116 valence electrons. The van der Waals surface area contributed by atoms with Crippen LogP contribution < -0.4 is 5.73 Å². The third kappa shape index (κ3) is 4.55. The summed E-state index contributed by atoms with van der Waals surface area (Å²) < 4.78 is 0. The first-order chi connectivity index (χ1) is 9.62. The van der Waals surface area contributed by atoms with Gasteiger partial charge in [-0.3, -0.25) is 0 Å². The number of rotatable bonds is 3. The second-order valence-corrected chi connectivity index (χ2v) is 5.66. The van der Waals surface area contributed by atoms with Crippen LogP contribution in [0.2, 0.25) is 0 Å². The molecule has 0 atom stereocenters. The maximum Gasteiger partial charge on any atom is 0.426 e. The Hall–Kier alpha value is -2.44. The number of anilines is 1. The van der Waals surface area contributed by atoms with Crippen molar-refractivity contribution in [3.05, 3.63) is 29.8 Å². The van der Waals surface area contributed by atoms with Gasteiger partial charge >= 0.3 is 12.2 Å². The molecule has 0 bridgehead atoms. The Kier molecular flexibility index (Phi) is 5.02. The average Bonchev–Trinajstić information content (AvgIpc) is 2.33. The fraction of sp³-hybridized carbons (Fsp3) is 0.429. The van der Waals surface area contributed by atoms with Gasteiger partial charge in [-0.15, -0.1) is 0 Å². The number of nitrogen functional groups attached to an aromatic ring is 1. The summed E-state index contributed by atoms with van der Waals surface area (Å²) >= 11 is 0. The Labute approximate surface area is 123 Å². The number of nitrogens with zero attached hydrogens (tertiary/aromatic N) is 2. The fourth-order valence-electron chi connectivity index (χ4n) is 1.95. The van der Waals surface area contributed by atoms with E-state index in [1.54, 1.807) is 45.0 Å². The minimum atomic E-state index is -1.30. The molecule has 7 heteroatoms. The molecule has 1 aromatic rings. The van der Waals surface area contributed by atoms with Crippen LogP contribution in [-0.2, 0) is 6.42 Å². The van der Waals surface area contributed by atoms with Crippen molar-refractivity contribution in [2.24, 2.45) is 0 Å². The highest BCUT2D eigenvalue weighted by Gasteiger charge is 2.34. The van der Waals surface area contributed by atoms with Crippen molar-refractivity contribution < 1.29 is 19.8 Å². The van der Waals surface area contributed by atoms with E-state index in [0.29, 0.717) is 12.1 Å². The Morgan fingerprint density at radius 2 is 1.62 bits per heavy atom. The highest BCUT2D eigenvalue weighted by Crippen LogP contribution is 2.18. The molecule has 4 N–H and O–H groups in total. The van der Waals surface area contributed by atoms with Crippen LogP contribution in [0.15, 0.2) is 24.3 Å². The van der Waals surface area contributed by atoms with E-state index in [2.05, 4.69) is 0 Å². The molecule has 0 radical (unpaired) electrons. The minimum absolute atomic E-state index is 0.0445. The van der Waals surface area contributed by atoms with Gasteiger partial charge in [-0.05, 0) is 44.9 Å². The van der Waals surface area contributed by atoms with E-state index >= 15 is 0 Å². The van der Waals surface area contributed by atoms with Gasteiger partial charge in [0.05, 0.1) is 12.1 Å². The van der Waals surface area contributed by atoms with Gasteiger partial charge in [0.1, 0.15) is 0 Å². The summed E-state index contributed by atoms with van der Waals surface area (Å²) in [5.41, 5.74) is 6.23. The number of benzene rings is 1. The summed E-state index contributed by atoms with van der Waals surface area (Å²) in [6.45, 7) is 4.96. The summed E-state index contributed by atoms with van der Waals surface area (Å²) in [5, 5.41) is 20.2. The van der Waals surface area contributed by atoms with Crippen LogP contribution >= 0.6 is 0 Å². The zero-order chi connectivity index (χ0) is 16.2. The molecule has 0 aliphatic rings. The van der Waals surface area contributed by atoms with E-state index in [-0.39, 0.29) is 6.54 Å². The lowest BCUT2D eigenvalue weighted by Crippen LogP contribution is -2.57. The van der Waals surface area contributed by atoms with Gasteiger partial charge in [0.2, 0.25) is 0 Å². The molecule has 0 saturated heterocycles. The van der Waals surface area contributed by atoms with Crippen molar-refractivity contribution in [1.82, 2.24) is 10.0 Å². The van der Waals surface area contributed by atoms with Gasteiger partial charge in [-0.2, -0.15) is 0 Å². The van der Waals surface area contributed by atoms with E-state index in [4.69, 9.17) is 5.73 Å². The number of carbonyl (C=O) groups is 2. The van der Waals surface area contributed by atoms with Gasteiger partial charge in [0, 0.05) is 5.69 Å². The van der Waals surface area contributed by atoms with Crippen molar-refractivity contribution >= 4 is 17.9 Å². The summed E-state index contributed by atoms with van der Waals surface area (Å²) in [4.78, 5) is 22.7. The van der Waals surface area contributed by atoms with Crippen LogP contribution in [0.25, 0.3) is 0 Å². The van der Waals surface area contributed by atoms with Crippen molar-refractivity contribution in [3.8, 4) is 0 Å². The number of nitrogens with two attached hydrogens (primary N) is 1. The summed E-state index contributed by atoms with van der Waals surface area (Å²) in [5.74, 6) is 0. The lowest BCUT2D eigenvalue weighted by molar-refractivity contribution is -0.0491. The largest absolute Gasteiger partial charge is 0.464 e. The lowest BCUT2D eigenvalue weighted by Gasteiger charge is -2.39. The topological polar surface area (TPSA) is 107 Å². The smallest absolute Gasteiger partial charge is 0.426 e. The third-order valence-corrected chi connectivity index (χ3v) is 2.87. The molecule has 0 unspecified atom stereocenters. The molecule has 0 fully saturated rings. The molecule has 7 nitrogen and oxygen atoms in total. The molecule has 0 aliphatic carbocycles. The molecule has 1 rings (SSSR count). The normalized spacial score (nSPS) is 11.0. The molecular weight excluding hydrogens is 274 g/mol. The van der Waals surface area contributed by atoms with E-state index in [1.807, 2.05) is 0 Å². The van der Waals surface area contributed by atoms with Crippen LogP contribution in [0.3, 0.4) is 0 Å². The van der Waals surface area contributed by atoms with Gasteiger partial charge < -0.3 is 15.9 Å². The van der Waals surface area contributed by atoms with Crippen molar-refractivity contribution in [3.63, 3.8) is 0 Å². The van der Waals surface area contributed by atoms with Crippen LogP contribution in [0.5, 0.6) is 0 Å². The van der Waals surface area contributed by atoms with Gasteiger partial charge in [0.15, 0.2) is 0 Å². The SMILES string of the molecule is CC(C)(C)N(C(=O)O)N(CCc1ccc(N)cc1)C(=O)O. The Morgan fingerprint density at radius 1 is 1.10 bits per heavy atom. The van der Waals surface area contributed by atoms with Crippen molar-refractivity contribution in [2.75, 3.05) is 12.3 Å². The molecule has 1 aromatic carbocycles. The first kappa shape index (κ1) is 16.6. The number of hydrogen-bond donors (Lipinski definition) is 3.